The predicted octanol–water partition coefficient (Wildman–Crippen LogP) is 2.92. The summed E-state index contributed by atoms with van der Waals surface area (Å²) in [4.78, 5) is 12.1. The molecule has 1 amide bonds. The van der Waals surface area contributed by atoms with Crippen molar-refractivity contribution < 1.29 is 17.6 Å². The van der Waals surface area contributed by atoms with Gasteiger partial charge in [-0.05, 0) is 36.2 Å². The van der Waals surface area contributed by atoms with E-state index in [1.165, 1.54) is 30.3 Å². The lowest BCUT2D eigenvalue weighted by molar-refractivity contribution is 0.0954. The standard InChI is InChI=1S/C18H18ClFN2O3S/c1-2-10-22-26(24,25)17-12-14(7-8-15(17)19)18(23)21-11-9-13-5-3-4-6-16(13)20/h2-8,12,22H,1,9-11H2,(H,21,23). The van der Waals surface area contributed by atoms with Crippen LogP contribution in [0.25, 0.3) is 0 Å². The summed E-state index contributed by atoms with van der Waals surface area (Å²) in [6.45, 7) is 3.69. The van der Waals surface area contributed by atoms with Crippen LogP contribution in [0.4, 0.5) is 4.39 Å². The number of amides is 1. The van der Waals surface area contributed by atoms with Crippen LogP contribution in [0, 0.1) is 5.82 Å². The third-order valence-electron chi connectivity index (χ3n) is 3.54. The Labute approximate surface area is 156 Å². The molecule has 0 atom stereocenters. The molecule has 0 aliphatic rings. The van der Waals surface area contributed by atoms with E-state index in [2.05, 4.69) is 16.6 Å². The van der Waals surface area contributed by atoms with E-state index < -0.39 is 15.9 Å². The van der Waals surface area contributed by atoms with E-state index in [1.807, 2.05) is 0 Å². The number of sulfonamides is 1. The number of nitrogens with one attached hydrogen (secondary N) is 2. The third kappa shape index (κ3) is 5.14. The van der Waals surface area contributed by atoms with E-state index >= 15 is 0 Å². The largest absolute Gasteiger partial charge is 0.352 e. The summed E-state index contributed by atoms with van der Waals surface area (Å²) in [6.07, 6.45) is 1.71. The van der Waals surface area contributed by atoms with Gasteiger partial charge in [-0.3, -0.25) is 4.79 Å². The molecule has 0 aliphatic carbocycles. The van der Waals surface area contributed by atoms with E-state index in [9.17, 15) is 17.6 Å². The predicted molar refractivity (Wildman–Crippen MR) is 99.3 cm³/mol. The van der Waals surface area contributed by atoms with Crippen LogP contribution in [-0.4, -0.2) is 27.4 Å². The van der Waals surface area contributed by atoms with E-state index in [0.717, 1.165) is 0 Å². The summed E-state index contributed by atoms with van der Waals surface area (Å²) in [5.41, 5.74) is 0.628. The first kappa shape index (κ1) is 20.1. The zero-order chi connectivity index (χ0) is 19.2. The van der Waals surface area contributed by atoms with Gasteiger partial charge in [0.1, 0.15) is 10.7 Å². The van der Waals surface area contributed by atoms with Crippen LogP contribution in [0.2, 0.25) is 5.02 Å². The summed E-state index contributed by atoms with van der Waals surface area (Å²) in [5.74, 6) is -0.812. The van der Waals surface area contributed by atoms with Gasteiger partial charge >= 0.3 is 0 Å². The fourth-order valence-corrected chi connectivity index (χ4v) is 3.73. The minimum Gasteiger partial charge on any atom is -0.352 e. The monoisotopic (exact) mass is 396 g/mol. The van der Waals surface area contributed by atoms with Crippen LogP contribution in [0.1, 0.15) is 15.9 Å². The molecule has 0 radical (unpaired) electrons. The number of carbonyl (C=O) groups is 1. The van der Waals surface area contributed by atoms with Gasteiger partial charge in [-0.1, -0.05) is 35.9 Å². The maximum absolute atomic E-state index is 13.6. The van der Waals surface area contributed by atoms with Gasteiger partial charge in [-0.25, -0.2) is 17.5 Å². The molecule has 0 bridgehead atoms. The van der Waals surface area contributed by atoms with Crippen LogP contribution >= 0.6 is 11.6 Å². The molecule has 0 aliphatic heterocycles. The highest BCUT2D eigenvalue weighted by Gasteiger charge is 2.19. The minimum absolute atomic E-state index is 0.00414. The first-order chi connectivity index (χ1) is 12.3. The molecule has 26 heavy (non-hydrogen) atoms. The third-order valence-corrected chi connectivity index (χ3v) is 5.44. The quantitative estimate of drug-likeness (QED) is 0.674. The van der Waals surface area contributed by atoms with Crippen molar-refractivity contribution in [2.24, 2.45) is 0 Å². The van der Waals surface area contributed by atoms with Crippen LogP contribution < -0.4 is 10.0 Å². The Bertz CT molecular complexity index is 916. The second-order valence-corrected chi connectivity index (χ2v) is 7.53. The summed E-state index contributed by atoms with van der Waals surface area (Å²) >= 11 is 5.95. The molecular formula is C18H18ClFN2O3S. The number of halogens is 2. The minimum atomic E-state index is -3.86. The Morgan fingerprint density at radius 1 is 1.23 bits per heavy atom. The molecule has 2 aromatic rings. The van der Waals surface area contributed by atoms with E-state index in [1.54, 1.807) is 18.2 Å². The molecule has 0 heterocycles. The summed E-state index contributed by atoms with van der Waals surface area (Å²) in [5, 5.41) is 2.64. The van der Waals surface area contributed by atoms with Crippen molar-refractivity contribution in [2.45, 2.75) is 11.3 Å². The highest BCUT2D eigenvalue weighted by molar-refractivity contribution is 7.89. The summed E-state index contributed by atoms with van der Waals surface area (Å²) in [7, 11) is -3.86. The van der Waals surface area contributed by atoms with Crippen molar-refractivity contribution in [3.8, 4) is 0 Å². The van der Waals surface area contributed by atoms with Crippen LogP contribution in [0.3, 0.4) is 0 Å². The molecule has 0 unspecified atom stereocenters. The molecule has 2 aromatic carbocycles. The van der Waals surface area contributed by atoms with Gasteiger partial charge in [-0.2, -0.15) is 0 Å². The van der Waals surface area contributed by atoms with E-state index in [-0.39, 0.29) is 34.4 Å². The molecule has 8 heteroatoms. The Morgan fingerprint density at radius 2 is 1.96 bits per heavy atom. The number of carbonyl (C=O) groups excluding carboxylic acids is 1. The van der Waals surface area contributed by atoms with Gasteiger partial charge in [0.05, 0.1) is 5.02 Å². The van der Waals surface area contributed by atoms with Crippen LogP contribution in [0.5, 0.6) is 0 Å². The molecule has 0 fully saturated rings. The van der Waals surface area contributed by atoms with Gasteiger partial charge in [0.15, 0.2) is 0 Å². The second-order valence-electron chi connectivity index (χ2n) is 5.38. The zero-order valence-corrected chi connectivity index (χ0v) is 15.4. The van der Waals surface area contributed by atoms with E-state index in [0.29, 0.717) is 12.0 Å². The average Bonchev–Trinajstić information content (AvgIpc) is 2.61. The van der Waals surface area contributed by atoms with Crippen molar-refractivity contribution >= 4 is 27.5 Å². The molecule has 2 N–H and O–H groups in total. The molecular weight excluding hydrogens is 379 g/mol. The average molecular weight is 397 g/mol. The fourth-order valence-electron chi connectivity index (χ4n) is 2.21. The molecule has 5 nitrogen and oxygen atoms in total. The molecule has 0 aromatic heterocycles. The van der Waals surface area contributed by atoms with Gasteiger partial charge in [0.2, 0.25) is 10.0 Å². The van der Waals surface area contributed by atoms with Crippen molar-refractivity contribution in [3.63, 3.8) is 0 Å². The lowest BCUT2D eigenvalue weighted by Crippen LogP contribution is -2.27. The van der Waals surface area contributed by atoms with E-state index in [4.69, 9.17) is 11.6 Å². The van der Waals surface area contributed by atoms with Gasteiger partial charge in [0, 0.05) is 18.7 Å². The van der Waals surface area contributed by atoms with Crippen molar-refractivity contribution in [3.05, 3.63) is 77.1 Å². The lowest BCUT2D eigenvalue weighted by atomic mass is 10.1. The highest BCUT2D eigenvalue weighted by atomic mass is 35.5. The summed E-state index contributed by atoms with van der Waals surface area (Å²) < 4.78 is 40.3. The Morgan fingerprint density at radius 3 is 2.65 bits per heavy atom. The Hall–Kier alpha value is -2.22. The smallest absolute Gasteiger partial charge is 0.251 e. The topological polar surface area (TPSA) is 75.3 Å². The zero-order valence-electron chi connectivity index (χ0n) is 13.8. The first-order valence-electron chi connectivity index (χ1n) is 7.77. The van der Waals surface area contributed by atoms with Gasteiger partial charge in [0.25, 0.3) is 5.91 Å². The second kappa shape index (κ2) is 8.93. The highest BCUT2D eigenvalue weighted by Crippen LogP contribution is 2.22. The van der Waals surface area contributed by atoms with Crippen molar-refractivity contribution in [2.75, 3.05) is 13.1 Å². The molecule has 0 saturated heterocycles. The molecule has 0 spiro atoms. The number of hydrogen-bond acceptors (Lipinski definition) is 3. The molecule has 0 saturated carbocycles. The number of rotatable bonds is 8. The first-order valence-corrected chi connectivity index (χ1v) is 9.63. The Balaban J connectivity index is 2.08. The normalized spacial score (nSPS) is 11.2. The fraction of sp³-hybridized carbons (Fsp3) is 0.167. The maximum Gasteiger partial charge on any atom is 0.251 e. The van der Waals surface area contributed by atoms with Gasteiger partial charge in [-0.15, -0.1) is 6.58 Å². The number of benzene rings is 2. The summed E-state index contributed by atoms with van der Waals surface area (Å²) in [6, 6.07) is 10.3. The number of hydrogen-bond donors (Lipinski definition) is 2. The maximum atomic E-state index is 13.6. The van der Waals surface area contributed by atoms with Crippen molar-refractivity contribution in [1.29, 1.82) is 0 Å². The Kier molecular flexibility index (Phi) is 6.90. The van der Waals surface area contributed by atoms with Crippen molar-refractivity contribution in [1.82, 2.24) is 10.0 Å². The van der Waals surface area contributed by atoms with Crippen LogP contribution in [-0.2, 0) is 16.4 Å². The molecule has 2 rings (SSSR count). The lowest BCUT2D eigenvalue weighted by Gasteiger charge is -2.10. The molecule has 138 valence electrons. The van der Waals surface area contributed by atoms with Gasteiger partial charge < -0.3 is 5.32 Å². The van der Waals surface area contributed by atoms with Crippen LogP contribution in [0.15, 0.2) is 60.0 Å². The SMILES string of the molecule is C=CCNS(=O)(=O)c1cc(C(=O)NCCc2ccccc2F)ccc1Cl.